The Morgan fingerprint density at radius 2 is 2.20 bits per heavy atom. The molecule has 2 N–H and O–H groups in total. The van der Waals surface area contributed by atoms with Gasteiger partial charge in [0.2, 0.25) is 5.78 Å². The van der Waals surface area contributed by atoms with Crippen LogP contribution in [-0.4, -0.2) is 21.9 Å². The zero-order valence-corrected chi connectivity index (χ0v) is 8.07. The van der Waals surface area contributed by atoms with Crippen LogP contribution in [-0.2, 0) is 9.59 Å². The number of carbonyl (C=O) groups excluding carboxylic acids is 2. The lowest BCUT2D eigenvalue weighted by Gasteiger charge is -2.01. The lowest BCUT2D eigenvalue weighted by Crippen LogP contribution is -2.19. The number of rotatable bonds is 2. The molecule has 1 amide bonds. The standard InChI is InChI=1S/C10H9N3O2/c1-6(14)10(15)12-8-3-2-7-5-11-13-9(7)4-8/h2-5H,1H3,(H,11,13)(H,12,15). The van der Waals surface area contributed by atoms with E-state index >= 15 is 0 Å². The topological polar surface area (TPSA) is 74.8 Å². The second kappa shape index (κ2) is 3.53. The molecule has 2 aromatic rings. The van der Waals surface area contributed by atoms with Crippen molar-refractivity contribution in [1.82, 2.24) is 10.2 Å². The van der Waals surface area contributed by atoms with E-state index in [9.17, 15) is 9.59 Å². The first-order chi connectivity index (χ1) is 7.16. The summed E-state index contributed by atoms with van der Waals surface area (Å²) >= 11 is 0. The van der Waals surface area contributed by atoms with E-state index in [2.05, 4.69) is 15.5 Å². The van der Waals surface area contributed by atoms with E-state index in [0.717, 1.165) is 10.9 Å². The van der Waals surface area contributed by atoms with E-state index in [-0.39, 0.29) is 0 Å². The average molecular weight is 203 g/mol. The number of aromatic amines is 1. The number of anilines is 1. The van der Waals surface area contributed by atoms with Crippen LogP contribution in [0.4, 0.5) is 5.69 Å². The lowest BCUT2D eigenvalue weighted by molar-refractivity contribution is -0.133. The van der Waals surface area contributed by atoms with Gasteiger partial charge in [-0.15, -0.1) is 0 Å². The summed E-state index contributed by atoms with van der Waals surface area (Å²) in [6.07, 6.45) is 1.69. The highest BCUT2D eigenvalue weighted by Crippen LogP contribution is 2.16. The van der Waals surface area contributed by atoms with E-state index in [4.69, 9.17) is 0 Å². The van der Waals surface area contributed by atoms with Gasteiger partial charge in [-0.25, -0.2) is 0 Å². The van der Waals surface area contributed by atoms with Crippen molar-refractivity contribution in [3.8, 4) is 0 Å². The first-order valence-electron chi connectivity index (χ1n) is 4.42. The minimum atomic E-state index is -0.617. The van der Waals surface area contributed by atoms with Gasteiger partial charge in [-0.3, -0.25) is 14.7 Å². The Morgan fingerprint density at radius 3 is 2.93 bits per heavy atom. The van der Waals surface area contributed by atoms with Crippen molar-refractivity contribution >= 4 is 28.3 Å². The molecule has 1 heterocycles. The average Bonchev–Trinajstić information content (AvgIpc) is 2.64. The van der Waals surface area contributed by atoms with E-state index in [1.807, 2.05) is 6.07 Å². The predicted octanol–water partition coefficient (Wildman–Crippen LogP) is 1.09. The van der Waals surface area contributed by atoms with Gasteiger partial charge in [0.25, 0.3) is 5.91 Å². The normalized spacial score (nSPS) is 10.2. The summed E-state index contributed by atoms with van der Waals surface area (Å²) in [4.78, 5) is 21.8. The molecule has 0 saturated heterocycles. The Kier molecular flexibility index (Phi) is 2.21. The molecular formula is C10H9N3O2. The molecule has 0 aliphatic rings. The summed E-state index contributed by atoms with van der Waals surface area (Å²) in [6, 6.07) is 5.26. The quantitative estimate of drug-likeness (QED) is 0.717. The van der Waals surface area contributed by atoms with Gasteiger partial charge in [-0.1, -0.05) is 0 Å². The van der Waals surface area contributed by atoms with Gasteiger partial charge in [-0.05, 0) is 18.2 Å². The number of nitrogens with one attached hydrogen (secondary N) is 2. The Hall–Kier alpha value is -2.17. The molecule has 0 saturated carbocycles. The van der Waals surface area contributed by atoms with Gasteiger partial charge < -0.3 is 5.32 Å². The number of hydrogen-bond acceptors (Lipinski definition) is 3. The lowest BCUT2D eigenvalue weighted by atomic mass is 10.2. The fourth-order valence-electron chi connectivity index (χ4n) is 1.23. The maximum Gasteiger partial charge on any atom is 0.291 e. The minimum Gasteiger partial charge on any atom is -0.319 e. The summed E-state index contributed by atoms with van der Waals surface area (Å²) in [5, 5.41) is 10.1. The Bertz CT molecular complexity index is 530. The molecule has 76 valence electrons. The largest absolute Gasteiger partial charge is 0.319 e. The third kappa shape index (κ3) is 1.85. The van der Waals surface area contributed by atoms with Crippen molar-refractivity contribution in [2.45, 2.75) is 6.92 Å². The summed E-state index contributed by atoms with van der Waals surface area (Å²) in [7, 11) is 0. The highest BCUT2D eigenvalue weighted by atomic mass is 16.2. The zero-order chi connectivity index (χ0) is 10.8. The molecule has 1 aromatic carbocycles. The maximum atomic E-state index is 11.1. The molecule has 0 unspecified atom stereocenters. The molecular weight excluding hydrogens is 194 g/mol. The van der Waals surface area contributed by atoms with Crippen molar-refractivity contribution in [2.24, 2.45) is 0 Å². The molecule has 0 aliphatic heterocycles. The first-order valence-corrected chi connectivity index (χ1v) is 4.42. The van der Waals surface area contributed by atoms with Crippen LogP contribution >= 0.6 is 0 Å². The number of aromatic nitrogens is 2. The molecule has 5 heteroatoms. The predicted molar refractivity (Wildman–Crippen MR) is 55.4 cm³/mol. The van der Waals surface area contributed by atoms with Crippen molar-refractivity contribution < 1.29 is 9.59 Å². The van der Waals surface area contributed by atoms with Crippen LogP contribution in [0.5, 0.6) is 0 Å². The number of ketones is 1. The van der Waals surface area contributed by atoms with E-state index in [0.29, 0.717) is 5.69 Å². The third-order valence-corrected chi connectivity index (χ3v) is 2.02. The van der Waals surface area contributed by atoms with Crippen molar-refractivity contribution in [2.75, 3.05) is 5.32 Å². The number of hydrogen-bond donors (Lipinski definition) is 2. The Balaban J connectivity index is 2.28. The molecule has 0 atom stereocenters. The van der Waals surface area contributed by atoms with Crippen LogP contribution in [0.15, 0.2) is 24.4 Å². The Labute approximate surface area is 85.5 Å². The highest BCUT2D eigenvalue weighted by molar-refractivity contribution is 6.39. The van der Waals surface area contributed by atoms with Crippen molar-refractivity contribution in [1.29, 1.82) is 0 Å². The van der Waals surface area contributed by atoms with Gasteiger partial charge in [0.05, 0.1) is 11.7 Å². The van der Waals surface area contributed by atoms with Gasteiger partial charge in [-0.2, -0.15) is 5.10 Å². The van der Waals surface area contributed by atoms with E-state index < -0.39 is 11.7 Å². The maximum absolute atomic E-state index is 11.1. The van der Waals surface area contributed by atoms with Crippen LogP contribution < -0.4 is 5.32 Å². The van der Waals surface area contributed by atoms with Crippen molar-refractivity contribution in [3.63, 3.8) is 0 Å². The molecule has 5 nitrogen and oxygen atoms in total. The number of H-pyrrole nitrogens is 1. The molecule has 0 fully saturated rings. The van der Waals surface area contributed by atoms with Crippen LogP contribution in [0.25, 0.3) is 10.9 Å². The summed E-state index contributed by atoms with van der Waals surface area (Å²) in [5.74, 6) is -1.13. The molecule has 2 rings (SSSR count). The summed E-state index contributed by atoms with van der Waals surface area (Å²) in [5.41, 5.74) is 1.39. The molecule has 1 aromatic heterocycles. The van der Waals surface area contributed by atoms with Gasteiger partial charge in [0.1, 0.15) is 0 Å². The smallest absolute Gasteiger partial charge is 0.291 e. The highest BCUT2D eigenvalue weighted by Gasteiger charge is 2.07. The fourth-order valence-corrected chi connectivity index (χ4v) is 1.23. The number of fused-ring (bicyclic) bond motifs is 1. The molecule has 0 bridgehead atoms. The van der Waals surface area contributed by atoms with Gasteiger partial charge >= 0.3 is 0 Å². The second-order valence-corrected chi connectivity index (χ2v) is 3.18. The van der Waals surface area contributed by atoms with Crippen LogP contribution in [0.1, 0.15) is 6.92 Å². The number of benzene rings is 1. The number of nitrogens with zero attached hydrogens (tertiary/aromatic N) is 1. The van der Waals surface area contributed by atoms with Gasteiger partial charge in [0, 0.05) is 18.0 Å². The van der Waals surface area contributed by atoms with Gasteiger partial charge in [0.15, 0.2) is 0 Å². The Morgan fingerprint density at radius 1 is 1.40 bits per heavy atom. The number of Topliss-reactive ketones (excluding diaryl/α,β-unsaturated/α-hetero) is 1. The van der Waals surface area contributed by atoms with Crippen molar-refractivity contribution in [3.05, 3.63) is 24.4 Å². The molecule has 0 spiro atoms. The molecule has 15 heavy (non-hydrogen) atoms. The zero-order valence-electron chi connectivity index (χ0n) is 8.07. The molecule has 0 aliphatic carbocycles. The number of carbonyl (C=O) groups is 2. The SMILES string of the molecule is CC(=O)C(=O)Nc1ccc2cn[nH]c2c1. The first kappa shape index (κ1) is 9.39. The second-order valence-electron chi connectivity index (χ2n) is 3.18. The van der Waals surface area contributed by atoms with Crippen LogP contribution in [0.2, 0.25) is 0 Å². The van der Waals surface area contributed by atoms with E-state index in [1.165, 1.54) is 6.92 Å². The summed E-state index contributed by atoms with van der Waals surface area (Å²) in [6.45, 7) is 1.23. The third-order valence-electron chi connectivity index (χ3n) is 2.02. The monoisotopic (exact) mass is 203 g/mol. The van der Waals surface area contributed by atoms with Crippen LogP contribution in [0, 0.1) is 0 Å². The van der Waals surface area contributed by atoms with Crippen LogP contribution in [0.3, 0.4) is 0 Å². The molecule has 0 radical (unpaired) electrons. The minimum absolute atomic E-state index is 0.514. The fraction of sp³-hybridized carbons (Fsp3) is 0.100. The number of amides is 1. The summed E-state index contributed by atoms with van der Waals surface area (Å²) < 4.78 is 0. The van der Waals surface area contributed by atoms with E-state index in [1.54, 1.807) is 18.3 Å².